The lowest BCUT2D eigenvalue weighted by Crippen LogP contribution is -2.45. The highest BCUT2D eigenvalue weighted by molar-refractivity contribution is 6.12. The van der Waals surface area contributed by atoms with Gasteiger partial charge in [-0.2, -0.15) is 0 Å². The number of carbonyl (C=O) groups is 2. The number of anilines is 2. The van der Waals surface area contributed by atoms with Gasteiger partial charge in [-0.1, -0.05) is 48.5 Å². The summed E-state index contributed by atoms with van der Waals surface area (Å²) >= 11 is 0. The summed E-state index contributed by atoms with van der Waals surface area (Å²) in [5, 5.41) is 23.5. The highest BCUT2D eigenvalue weighted by atomic mass is 16.5. The third kappa shape index (κ3) is 3.74. The van der Waals surface area contributed by atoms with Gasteiger partial charge in [-0.05, 0) is 42.5 Å². The zero-order valence-corrected chi connectivity index (χ0v) is 19.3. The van der Waals surface area contributed by atoms with Gasteiger partial charge in [0.1, 0.15) is 11.5 Å². The first-order valence-electron chi connectivity index (χ1n) is 11.4. The van der Waals surface area contributed by atoms with Gasteiger partial charge < -0.3 is 19.9 Å². The third-order valence-corrected chi connectivity index (χ3v) is 6.23. The molecule has 4 N–H and O–H groups in total. The normalized spacial score (nSPS) is 16.6. The van der Waals surface area contributed by atoms with E-state index in [0.29, 0.717) is 44.9 Å². The van der Waals surface area contributed by atoms with Crippen LogP contribution in [0.3, 0.4) is 0 Å². The van der Waals surface area contributed by atoms with Crippen LogP contribution in [0.1, 0.15) is 21.5 Å². The lowest BCUT2D eigenvalue weighted by molar-refractivity contribution is 0.0704. The monoisotopic (exact) mass is 492 g/mol. The first-order chi connectivity index (χ1) is 17.9. The molecule has 1 aliphatic rings. The Hall–Kier alpha value is -5.15. The van der Waals surface area contributed by atoms with Gasteiger partial charge in [-0.3, -0.25) is 15.0 Å². The summed E-state index contributed by atoms with van der Waals surface area (Å²) in [6.07, 6.45) is -1.25. The van der Waals surface area contributed by atoms with E-state index in [0.717, 1.165) is 0 Å². The first kappa shape index (κ1) is 22.3. The van der Waals surface area contributed by atoms with Gasteiger partial charge in [0.25, 0.3) is 5.91 Å². The number of hydrogen-bond donors (Lipinski definition) is 4. The molecule has 2 amide bonds. The van der Waals surface area contributed by atoms with E-state index in [-0.39, 0.29) is 11.9 Å². The Morgan fingerprint density at radius 2 is 1.68 bits per heavy atom. The summed E-state index contributed by atoms with van der Waals surface area (Å²) in [6.45, 7) is 0. The molecule has 4 aromatic carbocycles. The Morgan fingerprint density at radius 3 is 2.49 bits per heavy atom. The largest absolute Gasteiger partial charge is 0.465 e. The van der Waals surface area contributed by atoms with Crippen LogP contribution < -0.4 is 15.0 Å². The van der Waals surface area contributed by atoms with Crippen LogP contribution in [0.5, 0.6) is 11.5 Å². The molecule has 0 radical (unpaired) electrons. The summed E-state index contributed by atoms with van der Waals surface area (Å²) in [6, 6.07) is 28.1. The van der Waals surface area contributed by atoms with Crippen molar-refractivity contribution in [1.29, 1.82) is 0 Å². The number of aliphatic hydroxyl groups is 1. The lowest BCUT2D eigenvalue weighted by Gasteiger charge is -2.35. The molecule has 0 saturated heterocycles. The average molecular weight is 492 g/mol. The van der Waals surface area contributed by atoms with Crippen LogP contribution in [0.4, 0.5) is 16.4 Å². The van der Waals surface area contributed by atoms with Crippen molar-refractivity contribution in [1.82, 2.24) is 9.97 Å². The predicted molar refractivity (Wildman–Crippen MR) is 137 cm³/mol. The van der Waals surface area contributed by atoms with E-state index in [1.54, 1.807) is 66.7 Å². The lowest BCUT2D eigenvalue weighted by atomic mass is 9.93. The van der Waals surface area contributed by atoms with E-state index in [2.05, 4.69) is 15.3 Å². The van der Waals surface area contributed by atoms with Crippen molar-refractivity contribution in [3.63, 3.8) is 0 Å². The smallest absolute Gasteiger partial charge is 0.411 e. The number of ether oxygens (including phenoxy) is 1. The molecule has 2 heterocycles. The van der Waals surface area contributed by atoms with Crippen molar-refractivity contribution in [2.45, 2.75) is 5.72 Å². The number of aromatic amines is 1. The van der Waals surface area contributed by atoms with Crippen LogP contribution in [0.25, 0.3) is 11.0 Å². The van der Waals surface area contributed by atoms with Crippen molar-refractivity contribution in [2.75, 3.05) is 10.2 Å². The number of carboxylic acid groups (broad SMARTS) is 1. The van der Waals surface area contributed by atoms with Crippen LogP contribution in [0.2, 0.25) is 0 Å². The quantitative estimate of drug-likeness (QED) is 0.264. The number of benzene rings is 4. The number of nitrogens with zero attached hydrogens (tertiary/aromatic N) is 2. The van der Waals surface area contributed by atoms with Crippen LogP contribution in [0.15, 0.2) is 97.1 Å². The molecule has 1 aliphatic heterocycles. The maximum absolute atomic E-state index is 13.7. The van der Waals surface area contributed by atoms with Crippen molar-refractivity contribution >= 4 is 34.7 Å². The molecule has 9 heteroatoms. The van der Waals surface area contributed by atoms with E-state index >= 15 is 0 Å². The second kappa shape index (κ2) is 8.51. The van der Waals surface area contributed by atoms with Gasteiger partial charge in [0.15, 0.2) is 5.72 Å². The highest BCUT2D eigenvalue weighted by Gasteiger charge is 2.50. The Balaban J connectivity index is 1.47. The van der Waals surface area contributed by atoms with Gasteiger partial charge in [-0.25, -0.2) is 9.78 Å². The summed E-state index contributed by atoms with van der Waals surface area (Å²) < 4.78 is 5.97. The Kier molecular flexibility index (Phi) is 5.13. The van der Waals surface area contributed by atoms with Crippen LogP contribution in [0, 0.1) is 0 Å². The molecule has 9 nitrogen and oxygen atoms in total. The molecule has 0 spiro atoms. The van der Waals surface area contributed by atoms with Crippen molar-refractivity contribution in [3.05, 3.63) is 114 Å². The molecule has 5 aromatic rings. The number of rotatable bonds is 5. The topological polar surface area (TPSA) is 128 Å². The Morgan fingerprint density at radius 1 is 0.919 bits per heavy atom. The molecular weight excluding hydrogens is 472 g/mol. The molecule has 0 saturated carbocycles. The first-order valence-corrected chi connectivity index (χ1v) is 11.4. The predicted octanol–water partition coefficient (Wildman–Crippen LogP) is 5.30. The van der Waals surface area contributed by atoms with Crippen LogP contribution in [-0.2, 0) is 5.72 Å². The number of para-hydroxylation sites is 1. The minimum absolute atomic E-state index is 0.0529. The minimum Gasteiger partial charge on any atom is -0.465 e. The zero-order chi connectivity index (χ0) is 25.6. The van der Waals surface area contributed by atoms with E-state index in [9.17, 15) is 14.7 Å². The molecule has 0 aliphatic carbocycles. The van der Waals surface area contributed by atoms with Crippen molar-refractivity contribution < 1.29 is 24.5 Å². The molecule has 182 valence electrons. The number of aromatic nitrogens is 2. The maximum Gasteiger partial charge on any atom is 0.411 e. The summed E-state index contributed by atoms with van der Waals surface area (Å²) in [4.78, 5) is 33.2. The second-order valence-corrected chi connectivity index (χ2v) is 8.52. The fourth-order valence-corrected chi connectivity index (χ4v) is 4.64. The molecule has 37 heavy (non-hydrogen) atoms. The third-order valence-electron chi connectivity index (χ3n) is 6.23. The zero-order valence-electron chi connectivity index (χ0n) is 19.3. The number of amides is 2. The number of carbonyl (C=O) groups excluding carboxylic acids is 1. The number of hydrogen-bond acceptors (Lipinski definition) is 5. The summed E-state index contributed by atoms with van der Waals surface area (Å²) in [5.41, 5.74) is 0.759. The minimum atomic E-state index is -1.85. The maximum atomic E-state index is 13.7. The van der Waals surface area contributed by atoms with Crippen molar-refractivity contribution in [2.24, 2.45) is 0 Å². The Bertz CT molecular complexity index is 1670. The fourth-order valence-electron chi connectivity index (χ4n) is 4.64. The summed E-state index contributed by atoms with van der Waals surface area (Å²) in [7, 11) is 0. The molecule has 6 rings (SSSR count). The molecular formula is C28H20N4O5. The molecule has 1 aromatic heterocycles. The number of imidazole rings is 1. The van der Waals surface area contributed by atoms with Crippen LogP contribution >= 0.6 is 0 Å². The van der Waals surface area contributed by atoms with Gasteiger partial charge in [0.2, 0.25) is 5.95 Å². The number of nitrogens with one attached hydrogen (secondary N) is 2. The van der Waals surface area contributed by atoms with E-state index in [1.165, 1.54) is 4.90 Å². The highest BCUT2D eigenvalue weighted by Crippen LogP contribution is 2.46. The van der Waals surface area contributed by atoms with E-state index < -0.39 is 11.8 Å². The standard InChI is InChI=1S/C28H20N4O5/c33-25-21-11-4-5-12-22(21)28(36,17-13-14-23-24(15-17)30-26(29-23)31-27(34)35)32(25)18-7-6-10-20(16-18)37-19-8-2-1-3-9-19/h1-16,36H,(H,34,35)(H2,29,30,31). The average Bonchev–Trinajstić information content (AvgIpc) is 3.40. The molecule has 1 atom stereocenters. The summed E-state index contributed by atoms with van der Waals surface area (Å²) in [5.74, 6) is 0.824. The van der Waals surface area contributed by atoms with Crippen LogP contribution in [-0.4, -0.2) is 32.2 Å². The second-order valence-electron chi connectivity index (χ2n) is 8.52. The van der Waals surface area contributed by atoms with Crippen molar-refractivity contribution in [3.8, 4) is 11.5 Å². The molecule has 0 fully saturated rings. The fraction of sp³-hybridized carbons (Fsp3) is 0.0357. The number of H-pyrrole nitrogens is 1. The molecule has 0 bridgehead atoms. The van der Waals surface area contributed by atoms with Gasteiger partial charge in [-0.15, -0.1) is 0 Å². The Labute approximate surface area is 210 Å². The number of fused-ring (bicyclic) bond motifs is 2. The SMILES string of the molecule is O=C(O)Nc1nc2cc(C3(O)c4ccccc4C(=O)N3c3cccc(Oc4ccccc4)c3)ccc2[nH]1. The van der Waals surface area contributed by atoms with Gasteiger partial charge in [0, 0.05) is 22.8 Å². The van der Waals surface area contributed by atoms with E-state index in [4.69, 9.17) is 9.84 Å². The van der Waals surface area contributed by atoms with Gasteiger partial charge in [0.05, 0.1) is 16.7 Å². The molecule has 1 unspecified atom stereocenters. The van der Waals surface area contributed by atoms with E-state index in [1.807, 2.05) is 30.3 Å². The van der Waals surface area contributed by atoms with Gasteiger partial charge >= 0.3 is 6.09 Å².